The first-order valence-corrected chi connectivity index (χ1v) is 8.02. The first-order chi connectivity index (χ1) is 9.40. The highest BCUT2D eigenvalue weighted by molar-refractivity contribution is 7.89. The summed E-state index contributed by atoms with van der Waals surface area (Å²) < 4.78 is 38.2. The highest BCUT2D eigenvalue weighted by atomic mass is 32.2. The molecule has 112 valence electrons. The third kappa shape index (κ3) is 3.05. The molecule has 2 rings (SSSR count). The molecule has 0 saturated carbocycles. The molecule has 0 aromatic heterocycles. The molecule has 1 aromatic rings. The molecule has 1 aliphatic rings. The predicted molar refractivity (Wildman–Crippen MR) is 75.5 cm³/mol. The Hall–Kier alpha value is -1.31. The van der Waals surface area contributed by atoms with Crippen LogP contribution < -0.4 is 19.9 Å². The average molecular weight is 300 g/mol. The van der Waals surface area contributed by atoms with Crippen molar-refractivity contribution in [2.24, 2.45) is 5.73 Å². The molecule has 6 nitrogen and oxygen atoms in total. The summed E-state index contributed by atoms with van der Waals surface area (Å²) in [5.74, 6) is 1.01. The van der Waals surface area contributed by atoms with Gasteiger partial charge in [0.2, 0.25) is 10.0 Å². The molecular weight excluding hydrogens is 280 g/mol. The van der Waals surface area contributed by atoms with E-state index in [2.05, 4.69) is 4.72 Å². The Kier molecular flexibility index (Phi) is 4.22. The van der Waals surface area contributed by atoms with Crippen LogP contribution in [0.1, 0.15) is 20.3 Å². The molecule has 20 heavy (non-hydrogen) atoms. The predicted octanol–water partition coefficient (Wildman–Crippen LogP) is 0.864. The third-order valence-electron chi connectivity index (χ3n) is 3.44. The van der Waals surface area contributed by atoms with Gasteiger partial charge in [0.15, 0.2) is 11.5 Å². The van der Waals surface area contributed by atoms with Crippen LogP contribution in [0.25, 0.3) is 0 Å². The number of ether oxygens (including phenoxy) is 2. The normalized spacial score (nSPS) is 17.6. The summed E-state index contributed by atoms with van der Waals surface area (Å²) in [5.41, 5.74) is 4.98. The van der Waals surface area contributed by atoms with Crippen LogP contribution in [0.5, 0.6) is 11.5 Å². The van der Waals surface area contributed by atoms with Crippen molar-refractivity contribution in [2.75, 3.05) is 19.8 Å². The Labute approximate surface area is 119 Å². The Morgan fingerprint density at radius 2 is 1.95 bits per heavy atom. The standard InChI is InChI=1S/C13H20N2O4S/c1-3-13(2,9-14)15-20(16,17)10-4-5-11-12(8-10)19-7-6-18-11/h4-5,8,15H,3,6-7,9,14H2,1-2H3. The fourth-order valence-electron chi connectivity index (χ4n) is 1.83. The molecule has 1 unspecified atom stereocenters. The number of sulfonamides is 1. The van der Waals surface area contributed by atoms with E-state index < -0.39 is 15.6 Å². The van der Waals surface area contributed by atoms with E-state index in [-0.39, 0.29) is 11.4 Å². The second-order valence-electron chi connectivity index (χ2n) is 5.03. The SMILES string of the molecule is CCC(C)(CN)NS(=O)(=O)c1ccc2c(c1)OCCO2. The lowest BCUT2D eigenvalue weighted by Gasteiger charge is -2.27. The maximum absolute atomic E-state index is 12.4. The topological polar surface area (TPSA) is 90.7 Å². The maximum Gasteiger partial charge on any atom is 0.241 e. The van der Waals surface area contributed by atoms with Gasteiger partial charge in [-0.1, -0.05) is 6.92 Å². The van der Waals surface area contributed by atoms with E-state index in [1.807, 2.05) is 6.92 Å². The number of nitrogens with two attached hydrogens (primary N) is 1. The summed E-state index contributed by atoms with van der Waals surface area (Å²) in [6.45, 7) is 4.78. The molecule has 7 heteroatoms. The lowest BCUT2D eigenvalue weighted by Crippen LogP contribution is -2.50. The number of rotatable bonds is 5. The van der Waals surface area contributed by atoms with Gasteiger partial charge in [-0.05, 0) is 25.5 Å². The van der Waals surface area contributed by atoms with Gasteiger partial charge in [-0.15, -0.1) is 0 Å². The van der Waals surface area contributed by atoms with Crippen molar-refractivity contribution in [3.63, 3.8) is 0 Å². The number of hydrogen-bond acceptors (Lipinski definition) is 5. The molecule has 0 spiro atoms. The number of fused-ring (bicyclic) bond motifs is 1. The van der Waals surface area contributed by atoms with Crippen molar-refractivity contribution in [1.82, 2.24) is 4.72 Å². The average Bonchev–Trinajstić information content (AvgIpc) is 2.46. The van der Waals surface area contributed by atoms with Gasteiger partial charge < -0.3 is 15.2 Å². The van der Waals surface area contributed by atoms with E-state index in [0.29, 0.717) is 31.1 Å². The van der Waals surface area contributed by atoms with E-state index >= 15 is 0 Å². The van der Waals surface area contributed by atoms with Crippen molar-refractivity contribution < 1.29 is 17.9 Å². The lowest BCUT2D eigenvalue weighted by molar-refractivity contribution is 0.171. The minimum atomic E-state index is -3.64. The monoisotopic (exact) mass is 300 g/mol. The fourth-order valence-corrected chi connectivity index (χ4v) is 3.34. The van der Waals surface area contributed by atoms with Crippen LogP contribution in [0.4, 0.5) is 0 Å². The first-order valence-electron chi connectivity index (χ1n) is 6.54. The zero-order chi connectivity index (χ0) is 14.8. The lowest BCUT2D eigenvalue weighted by atomic mass is 10.0. The number of benzene rings is 1. The Bertz CT molecular complexity index is 582. The van der Waals surface area contributed by atoms with Gasteiger partial charge in [0, 0.05) is 18.2 Å². The van der Waals surface area contributed by atoms with Crippen LogP contribution in [-0.2, 0) is 10.0 Å². The molecule has 0 radical (unpaired) electrons. The molecule has 1 aliphatic heterocycles. The van der Waals surface area contributed by atoms with Gasteiger partial charge in [0.25, 0.3) is 0 Å². The van der Waals surface area contributed by atoms with Crippen molar-refractivity contribution in [1.29, 1.82) is 0 Å². The summed E-state index contributed by atoms with van der Waals surface area (Å²) >= 11 is 0. The summed E-state index contributed by atoms with van der Waals surface area (Å²) in [4.78, 5) is 0.148. The Morgan fingerprint density at radius 1 is 1.30 bits per heavy atom. The first kappa shape index (κ1) is 15.1. The van der Waals surface area contributed by atoms with E-state index in [4.69, 9.17) is 15.2 Å². The van der Waals surface area contributed by atoms with Gasteiger partial charge in [0.05, 0.1) is 4.90 Å². The minimum absolute atomic E-state index is 0.148. The molecule has 3 N–H and O–H groups in total. The molecule has 1 atom stereocenters. The molecule has 1 aromatic carbocycles. The van der Waals surface area contributed by atoms with Gasteiger partial charge in [-0.2, -0.15) is 0 Å². The smallest absolute Gasteiger partial charge is 0.241 e. The molecule has 0 saturated heterocycles. The Morgan fingerprint density at radius 3 is 2.55 bits per heavy atom. The second kappa shape index (κ2) is 5.59. The van der Waals surface area contributed by atoms with E-state index in [9.17, 15) is 8.42 Å². The summed E-state index contributed by atoms with van der Waals surface area (Å²) in [7, 11) is -3.64. The van der Waals surface area contributed by atoms with E-state index in [0.717, 1.165) is 0 Å². The van der Waals surface area contributed by atoms with Gasteiger partial charge in [-0.3, -0.25) is 0 Å². The quantitative estimate of drug-likeness (QED) is 0.842. The molecule has 1 heterocycles. The van der Waals surface area contributed by atoms with Crippen LogP contribution in [0.2, 0.25) is 0 Å². The highest BCUT2D eigenvalue weighted by Gasteiger charge is 2.28. The summed E-state index contributed by atoms with van der Waals surface area (Å²) in [6, 6.07) is 4.58. The Balaban J connectivity index is 2.30. The van der Waals surface area contributed by atoms with Gasteiger partial charge >= 0.3 is 0 Å². The maximum atomic E-state index is 12.4. The van der Waals surface area contributed by atoms with Crippen LogP contribution in [0.3, 0.4) is 0 Å². The van der Waals surface area contributed by atoms with Crippen LogP contribution >= 0.6 is 0 Å². The zero-order valence-corrected chi connectivity index (χ0v) is 12.5. The molecule has 0 amide bonds. The van der Waals surface area contributed by atoms with Crippen LogP contribution in [-0.4, -0.2) is 33.7 Å². The molecule has 0 aliphatic carbocycles. The minimum Gasteiger partial charge on any atom is -0.486 e. The fraction of sp³-hybridized carbons (Fsp3) is 0.538. The van der Waals surface area contributed by atoms with E-state index in [1.54, 1.807) is 13.0 Å². The van der Waals surface area contributed by atoms with Crippen molar-refractivity contribution in [2.45, 2.75) is 30.7 Å². The van der Waals surface area contributed by atoms with Crippen LogP contribution in [0, 0.1) is 0 Å². The summed E-state index contributed by atoms with van der Waals surface area (Å²) in [5, 5.41) is 0. The van der Waals surface area contributed by atoms with Crippen molar-refractivity contribution >= 4 is 10.0 Å². The van der Waals surface area contributed by atoms with Gasteiger partial charge in [0.1, 0.15) is 13.2 Å². The third-order valence-corrected chi connectivity index (χ3v) is 5.07. The number of hydrogen-bond donors (Lipinski definition) is 2. The highest BCUT2D eigenvalue weighted by Crippen LogP contribution is 2.32. The summed E-state index contributed by atoms with van der Waals surface area (Å²) in [6.07, 6.45) is 0.604. The molecule has 0 fully saturated rings. The van der Waals surface area contributed by atoms with Gasteiger partial charge in [-0.25, -0.2) is 13.1 Å². The van der Waals surface area contributed by atoms with Crippen LogP contribution in [0.15, 0.2) is 23.1 Å². The van der Waals surface area contributed by atoms with E-state index in [1.165, 1.54) is 12.1 Å². The molecular formula is C13H20N2O4S. The van der Waals surface area contributed by atoms with Crippen molar-refractivity contribution in [3.05, 3.63) is 18.2 Å². The van der Waals surface area contributed by atoms with Crippen molar-refractivity contribution in [3.8, 4) is 11.5 Å². The molecule has 0 bridgehead atoms. The second-order valence-corrected chi connectivity index (χ2v) is 6.71. The zero-order valence-electron chi connectivity index (χ0n) is 11.7. The number of nitrogens with one attached hydrogen (secondary N) is 1. The largest absolute Gasteiger partial charge is 0.486 e.